The fraction of sp³-hybridized carbons (Fsp3) is 0.556. The molecule has 1 saturated carbocycles. The van der Waals surface area contributed by atoms with Gasteiger partial charge in [-0.15, -0.1) is 0 Å². The van der Waals surface area contributed by atoms with Gasteiger partial charge in [-0.2, -0.15) is 0 Å². The molecule has 5 rings (SSSR count). The first-order valence-electron chi connectivity index (χ1n) is 12.7. The second-order valence-corrected chi connectivity index (χ2v) is 9.99. The van der Waals surface area contributed by atoms with Gasteiger partial charge >= 0.3 is 6.03 Å². The van der Waals surface area contributed by atoms with Crippen molar-refractivity contribution < 1.29 is 14.6 Å². The summed E-state index contributed by atoms with van der Waals surface area (Å²) in [6.45, 7) is 9.24. The highest BCUT2D eigenvalue weighted by atomic mass is 16.5. The van der Waals surface area contributed by atoms with Gasteiger partial charge in [0.05, 0.1) is 13.2 Å². The molecule has 3 atom stereocenters. The average Bonchev–Trinajstić information content (AvgIpc) is 3.51. The summed E-state index contributed by atoms with van der Waals surface area (Å²) in [5.41, 5.74) is 5.23. The number of ether oxygens (including phenoxy) is 1. The number of benzene rings is 1. The SMILES string of the molecule is CC[C@@H]1CCN(C(=O)Nc2ccc(C)c(-c3cc(C4CC4CO)nc(N4CCOCC4)c3)c2)C1. The molecule has 2 N–H and O–H groups in total. The largest absolute Gasteiger partial charge is 0.396 e. The van der Waals surface area contributed by atoms with E-state index >= 15 is 0 Å². The van der Waals surface area contributed by atoms with Crippen molar-refractivity contribution in [2.24, 2.45) is 11.8 Å². The number of amides is 2. The maximum Gasteiger partial charge on any atom is 0.321 e. The van der Waals surface area contributed by atoms with E-state index in [4.69, 9.17) is 9.72 Å². The molecule has 3 fully saturated rings. The van der Waals surface area contributed by atoms with Crippen LogP contribution < -0.4 is 10.2 Å². The number of carbonyl (C=O) groups excluding carboxylic acids is 1. The Kier molecular flexibility index (Phi) is 6.75. The van der Waals surface area contributed by atoms with E-state index in [-0.39, 0.29) is 12.6 Å². The van der Waals surface area contributed by atoms with Gasteiger partial charge in [0.15, 0.2) is 0 Å². The van der Waals surface area contributed by atoms with Gasteiger partial charge in [0.2, 0.25) is 0 Å². The molecule has 3 aliphatic rings. The predicted octanol–water partition coefficient (Wildman–Crippen LogP) is 4.25. The van der Waals surface area contributed by atoms with Crippen LogP contribution in [0.1, 0.15) is 43.4 Å². The van der Waals surface area contributed by atoms with Gasteiger partial charge in [-0.1, -0.05) is 19.4 Å². The number of aliphatic hydroxyl groups is 1. The first kappa shape index (κ1) is 23.1. The van der Waals surface area contributed by atoms with Crippen LogP contribution in [0, 0.1) is 18.8 Å². The lowest BCUT2D eigenvalue weighted by molar-refractivity contribution is 0.122. The van der Waals surface area contributed by atoms with Crippen LogP contribution in [0.4, 0.5) is 16.3 Å². The molecule has 34 heavy (non-hydrogen) atoms. The van der Waals surface area contributed by atoms with Crippen LogP contribution in [0.15, 0.2) is 30.3 Å². The van der Waals surface area contributed by atoms with Crippen molar-refractivity contribution in [1.82, 2.24) is 9.88 Å². The van der Waals surface area contributed by atoms with Gasteiger partial charge in [0, 0.05) is 50.1 Å². The summed E-state index contributed by atoms with van der Waals surface area (Å²) in [4.78, 5) is 22.1. The van der Waals surface area contributed by atoms with Crippen LogP contribution in [-0.4, -0.2) is 67.0 Å². The van der Waals surface area contributed by atoms with Crippen molar-refractivity contribution in [2.45, 2.75) is 39.0 Å². The molecular weight excluding hydrogens is 428 g/mol. The predicted molar refractivity (Wildman–Crippen MR) is 134 cm³/mol. The Bertz CT molecular complexity index is 1040. The summed E-state index contributed by atoms with van der Waals surface area (Å²) in [5.74, 6) is 2.20. The number of urea groups is 1. The molecule has 7 nitrogen and oxygen atoms in total. The number of morpholine rings is 1. The van der Waals surface area contributed by atoms with Crippen LogP contribution in [0.25, 0.3) is 11.1 Å². The quantitative estimate of drug-likeness (QED) is 0.668. The first-order valence-corrected chi connectivity index (χ1v) is 12.7. The summed E-state index contributed by atoms with van der Waals surface area (Å²) in [6, 6.07) is 10.5. The first-order chi connectivity index (χ1) is 16.6. The molecule has 182 valence electrons. The Morgan fingerprint density at radius 3 is 2.74 bits per heavy atom. The minimum Gasteiger partial charge on any atom is -0.396 e. The standard InChI is InChI=1S/C27H36N4O3/c1-3-19-6-7-31(16-19)27(33)28-22-5-4-18(2)23(15-22)20-13-25(24-12-21(24)17-32)29-26(14-20)30-8-10-34-11-9-30/h4-5,13-15,19,21,24,32H,3,6-12,16-17H2,1-2H3,(H,28,33)/t19-,21?,24?/m1/s1. The van der Waals surface area contributed by atoms with E-state index < -0.39 is 0 Å². The number of hydrogen-bond donors (Lipinski definition) is 2. The Hall–Kier alpha value is -2.64. The molecule has 0 radical (unpaired) electrons. The molecular formula is C27H36N4O3. The van der Waals surface area contributed by atoms with E-state index in [1.54, 1.807) is 0 Å². The number of anilines is 2. The number of pyridine rings is 1. The van der Waals surface area contributed by atoms with Crippen molar-refractivity contribution >= 4 is 17.5 Å². The second kappa shape index (κ2) is 9.92. The maximum absolute atomic E-state index is 12.9. The van der Waals surface area contributed by atoms with Crippen LogP contribution >= 0.6 is 0 Å². The number of nitrogens with zero attached hydrogens (tertiary/aromatic N) is 3. The van der Waals surface area contributed by atoms with E-state index in [0.717, 1.165) is 79.3 Å². The van der Waals surface area contributed by atoms with Gasteiger partial charge in [0.1, 0.15) is 5.82 Å². The molecule has 7 heteroatoms. The number of likely N-dealkylation sites (tertiary alicyclic amines) is 1. The Morgan fingerprint density at radius 1 is 1.21 bits per heavy atom. The lowest BCUT2D eigenvalue weighted by Gasteiger charge is -2.28. The van der Waals surface area contributed by atoms with Crippen LogP contribution in [-0.2, 0) is 4.74 Å². The van der Waals surface area contributed by atoms with E-state index in [1.165, 1.54) is 0 Å². The molecule has 2 amide bonds. The summed E-state index contributed by atoms with van der Waals surface area (Å²) in [7, 11) is 0. The highest BCUT2D eigenvalue weighted by Crippen LogP contribution is 2.47. The molecule has 3 heterocycles. The summed E-state index contributed by atoms with van der Waals surface area (Å²) in [6.07, 6.45) is 3.19. The Morgan fingerprint density at radius 2 is 2.03 bits per heavy atom. The third-order valence-corrected chi connectivity index (χ3v) is 7.65. The third-order valence-electron chi connectivity index (χ3n) is 7.65. The third kappa shape index (κ3) is 4.91. The van der Waals surface area contributed by atoms with E-state index in [9.17, 15) is 9.90 Å². The van der Waals surface area contributed by atoms with Crippen LogP contribution in [0.3, 0.4) is 0 Å². The summed E-state index contributed by atoms with van der Waals surface area (Å²) in [5, 5.41) is 12.8. The lowest BCUT2D eigenvalue weighted by atomic mass is 9.98. The number of aliphatic hydroxyl groups excluding tert-OH is 1. The minimum atomic E-state index is -0.0149. The fourth-order valence-corrected chi connectivity index (χ4v) is 5.21. The second-order valence-electron chi connectivity index (χ2n) is 9.99. The van der Waals surface area contributed by atoms with Crippen molar-refractivity contribution in [1.29, 1.82) is 0 Å². The summed E-state index contributed by atoms with van der Waals surface area (Å²) < 4.78 is 5.54. The normalized spacial score (nSPS) is 24.4. The molecule has 1 aliphatic carbocycles. The van der Waals surface area contributed by atoms with Crippen LogP contribution in [0.5, 0.6) is 0 Å². The fourth-order valence-electron chi connectivity index (χ4n) is 5.21. The zero-order chi connectivity index (χ0) is 23.7. The number of hydrogen-bond acceptors (Lipinski definition) is 5. The number of carbonyl (C=O) groups is 1. The Balaban J connectivity index is 1.43. The number of aromatic nitrogens is 1. The summed E-state index contributed by atoms with van der Waals surface area (Å²) >= 11 is 0. The topological polar surface area (TPSA) is 77.9 Å². The molecule has 1 aromatic carbocycles. The highest BCUT2D eigenvalue weighted by molar-refractivity contribution is 5.90. The zero-order valence-electron chi connectivity index (χ0n) is 20.3. The minimum absolute atomic E-state index is 0.0149. The molecule has 1 aromatic heterocycles. The number of aryl methyl sites for hydroxylation is 1. The van der Waals surface area contributed by atoms with Gasteiger partial charge < -0.3 is 25.0 Å². The van der Waals surface area contributed by atoms with Crippen LogP contribution in [0.2, 0.25) is 0 Å². The number of nitrogens with one attached hydrogen (secondary N) is 1. The van der Waals surface area contributed by atoms with Gasteiger partial charge in [0.25, 0.3) is 0 Å². The van der Waals surface area contributed by atoms with E-state index in [1.807, 2.05) is 11.0 Å². The monoisotopic (exact) mass is 464 g/mol. The molecule has 0 spiro atoms. The Labute approximate surface area is 202 Å². The molecule has 2 unspecified atom stereocenters. The van der Waals surface area contributed by atoms with Crippen molar-refractivity contribution in [3.63, 3.8) is 0 Å². The molecule has 2 aromatic rings. The molecule has 2 saturated heterocycles. The van der Waals surface area contributed by atoms with Crippen molar-refractivity contribution in [3.8, 4) is 11.1 Å². The smallest absolute Gasteiger partial charge is 0.321 e. The molecule has 0 bridgehead atoms. The highest BCUT2D eigenvalue weighted by Gasteiger charge is 2.39. The number of rotatable bonds is 6. The van der Waals surface area contributed by atoms with E-state index in [0.29, 0.717) is 31.0 Å². The maximum atomic E-state index is 12.9. The zero-order valence-corrected chi connectivity index (χ0v) is 20.3. The average molecular weight is 465 g/mol. The van der Waals surface area contributed by atoms with Crippen molar-refractivity contribution in [3.05, 3.63) is 41.6 Å². The van der Waals surface area contributed by atoms with E-state index in [2.05, 4.69) is 48.3 Å². The molecule has 2 aliphatic heterocycles. The van der Waals surface area contributed by atoms with Crippen molar-refractivity contribution in [2.75, 3.05) is 56.2 Å². The van der Waals surface area contributed by atoms with Gasteiger partial charge in [-0.3, -0.25) is 0 Å². The van der Waals surface area contributed by atoms with Gasteiger partial charge in [-0.05, 0) is 72.6 Å². The lowest BCUT2D eigenvalue weighted by Crippen LogP contribution is -2.36. The van der Waals surface area contributed by atoms with Gasteiger partial charge in [-0.25, -0.2) is 9.78 Å².